The van der Waals surface area contributed by atoms with Crippen LogP contribution in [-0.2, 0) is 5.54 Å². The summed E-state index contributed by atoms with van der Waals surface area (Å²) in [6, 6.07) is 2.55. The van der Waals surface area contributed by atoms with Crippen molar-refractivity contribution >= 4 is 15.9 Å². The zero-order valence-corrected chi connectivity index (χ0v) is 8.95. The molecule has 0 saturated carbocycles. The van der Waals surface area contributed by atoms with Gasteiger partial charge in [0.1, 0.15) is 11.6 Å². The summed E-state index contributed by atoms with van der Waals surface area (Å²) in [7, 11) is 0. The van der Waals surface area contributed by atoms with E-state index in [4.69, 9.17) is 5.73 Å². The molecule has 1 aromatic rings. The third-order valence-electron chi connectivity index (χ3n) is 1.73. The zero-order chi connectivity index (χ0) is 10.2. The van der Waals surface area contributed by atoms with Crippen molar-refractivity contribution < 1.29 is 8.78 Å². The number of halogens is 3. The number of hydrogen-bond acceptors (Lipinski definition) is 1. The predicted octanol–water partition coefficient (Wildman–Crippen LogP) is 2.92. The fraction of sp³-hybridized carbons (Fsp3) is 0.333. The maximum Gasteiger partial charge on any atom is 0.145 e. The van der Waals surface area contributed by atoms with Gasteiger partial charge in [0.15, 0.2) is 0 Å². The van der Waals surface area contributed by atoms with Crippen molar-refractivity contribution in [3.05, 3.63) is 33.8 Å². The molecule has 0 unspecified atom stereocenters. The fourth-order valence-electron chi connectivity index (χ4n) is 1.02. The highest BCUT2D eigenvalue weighted by Gasteiger charge is 2.21. The van der Waals surface area contributed by atoms with Gasteiger partial charge in [-0.25, -0.2) is 8.78 Å². The van der Waals surface area contributed by atoms with Crippen molar-refractivity contribution in [1.82, 2.24) is 0 Å². The Morgan fingerprint density at radius 3 is 2.31 bits per heavy atom. The number of hydrogen-bond donors (Lipinski definition) is 1. The van der Waals surface area contributed by atoms with E-state index >= 15 is 0 Å². The van der Waals surface area contributed by atoms with Crippen molar-refractivity contribution in [3.8, 4) is 0 Å². The van der Waals surface area contributed by atoms with Crippen LogP contribution in [0.25, 0.3) is 0 Å². The lowest BCUT2D eigenvalue weighted by Crippen LogP contribution is -2.30. The summed E-state index contributed by atoms with van der Waals surface area (Å²) in [6.07, 6.45) is 0. The van der Waals surface area contributed by atoms with Gasteiger partial charge in [-0.15, -0.1) is 0 Å². The first kappa shape index (κ1) is 10.6. The van der Waals surface area contributed by atoms with Crippen molar-refractivity contribution in [3.63, 3.8) is 0 Å². The molecular formula is C9H10BrF2N. The Labute approximate surface area is 84.1 Å². The summed E-state index contributed by atoms with van der Waals surface area (Å²) in [6.45, 7) is 3.32. The fourth-order valence-corrected chi connectivity index (χ4v) is 1.37. The number of rotatable bonds is 1. The second-order valence-electron chi connectivity index (χ2n) is 3.44. The summed E-state index contributed by atoms with van der Waals surface area (Å²) in [4.78, 5) is 0. The lowest BCUT2D eigenvalue weighted by atomic mass is 9.95. The summed E-state index contributed by atoms with van der Waals surface area (Å²) >= 11 is 2.82. The van der Waals surface area contributed by atoms with Crippen LogP contribution in [0.15, 0.2) is 16.6 Å². The molecule has 13 heavy (non-hydrogen) atoms. The molecule has 0 fully saturated rings. The lowest BCUT2D eigenvalue weighted by Gasteiger charge is -2.20. The predicted molar refractivity (Wildman–Crippen MR) is 51.3 cm³/mol. The summed E-state index contributed by atoms with van der Waals surface area (Å²) in [5.74, 6) is -1.25. The normalized spacial score (nSPS) is 11.8. The van der Waals surface area contributed by atoms with Crippen molar-refractivity contribution in [1.29, 1.82) is 0 Å². The van der Waals surface area contributed by atoms with Crippen LogP contribution in [0.1, 0.15) is 19.4 Å². The van der Waals surface area contributed by atoms with E-state index in [0.717, 1.165) is 0 Å². The monoisotopic (exact) mass is 249 g/mol. The van der Waals surface area contributed by atoms with Crippen LogP contribution in [-0.4, -0.2) is 0 Å². The van der Waals surface area contributed by atoms with Crippen LogP contribution in [0.3, 0.4) is 0 Å². The molecule has 0 bridgehead atoms. The second-order valence-corrected chi connectivity index (χ2v) is 4.24. The van der Waals surface area contributed by atoms with Gasteiger partial charge in [-0.2, -0.15) is 0 Å². The molecule has 0 heterocycles. The molecule has 0 atom stereocenters. The molecule has 2 N–H and O–H groups in total. The van der Waals surface area contributed by atoms with Crippen LogP contribution in [0, 0.1) is 11.6 Å². The van der Waals surface area contributed by atoms with Gasteiger partial charge in [-0.05, 0) is 35.8 Å². The molecule has 1 nitrogen and oxygen atoms in total. The van der Waals surface area contributed by atoms with Crippen LogP contribution in [0.2, 0.25) is 0 Å². The molecule has 1 aromatic carbocycles. The van der Waals surface area contributed by atoms with Crippen molar-refractivity contribution in [2.45, 2.75) is 19.4 Å². The summed E-state index contributed by atoms with van der Waals surface area (Å²) < 4.78 is 26.0. The molecule has 0 aliphatic rings. The van der Waals surface area contributed by atoms with E-state index in [9.17, 15) is 8.78 Å². The molecule has 0 radical (unpaired) electrons. The van der Waals surface area contributed by atoms with E-state index in [1.165, 1.54) is 12.1 Å². The van der Waals surface area contributed by atoms with Crippen molar-refractivity contribution in [2.24, 2.45) is 5.73 Å². The van der Waals surface area contributed by atoms with Gasteiger partial charge in [-0.1, -0.05) is 6.07 Å². The zero-order valence-electron chi connectivity index (χ0n) is 7.37. The highest BCUT2D eigenvalue weighted by Crippen LogP contribution is 2.27. The van der Waals surface area contributed by atoms with Crippen LogP contribution < -0.4 is 5.73 Å². The Kier molecular flexibility index (Phi) is 2.73. The summed E-state index contributed by atoms with van der Waals surface area (Å²) in [5.41, 5.74) is 5.18. The van der Waals surface area contributed by atoms with Crippen LogP contribution >= 0.6 is 15.9 Å². The Bertz CT molecular complexity index is 331. The van der Waals surface area contributed by atoms with E-state index in [0.29, 0.717) is 5.56 Å². The molecular weight excluding hydrogens is 240 g/mol. The maximum absolute atomic E-state index is 13.4. The van der Waals surface area contributed by atoms with E-state index in [2.05, 4.69) is 15.9 Å². The quantitative estimate of drug-likeness (QED) is 0.762. The second kappa shape index (κ2) is 3.35. The topological polar surface area (TPSA) is 26.0 Å². The average Bonchev–Trinajstić information content (AvgIpc) is 1.98. The Morgan fingerprint density at radius 1 is 1.31 bits per heavy atom. The minimum Gasteiger partial charge on any atom is -0.322 e. The third-order valence-corrected chi connectivity index (χ3v) is 2.46. The van der Waals surface area contributed by atoms with Gasteiger partial charge in [0.2, 0.25) is 0 Å². The third kappa shape index (κ3) is 2.06. The Morgan fingerprint density at radius 2 is 1.85 bits per heavy atom. The van der Waals surface area contributed by atoms with Gasteiger partial charge in [0, 0.05) is 11.1 Å². The van der Waals surface area contributed by atoms with Crippen LogP contribution in [0.5, 0.6) is 0 Å². The Balaban J connectivity index is 3.35. The first-order valence-electron chi connectivity index (χ1n) is 3.77. The van der Waals surface area contributed by atoms with E-state index < -0.39 is 17.2 Å². The minimum atomic E-state index is -0.805. The summed E-state index contributed by atoms with van der Waals surface area (Å²) in [5, 5.41) is 0. The standard InChI is InChI=1S/C9H10BrF2N/c1-9(2,13)5-3-4-6(11)7(10)8(5)12/h3-4H,13H2,1-2H3. The van der Waals surface area contributed by atoms with Crippen LogP contribution in [0.4, 0.5) is 8.78 Å². The lowest BCUT2D eigenvalue weighted by molar-refractivity contribution is 0.488. The van der Waals surface area contributed by atoms with Gasteiger partial charge in [0.25, 0.3) is 0 Å². The molecule has 0 amide bonds. The highest BCUT2D eigenvalue weighted by atomic mass is 79.9. The SMILES string of the molecule is CC(C)(N)c1ccc(F)c(Br)c1F. The smallest absolute Gasteiger partial charge is 0.145 e. The molecule has 0 spiro atoms. The number of benzene rings is 1. The van der Waals surface area contributed by atoms with E-state index in [1.807, 2.05) is 0 Å². The molecule has 1 rings (SSSR count). The van der Waals surface area contributed by atoms with Gasteiger partial charge >= 0.3 is 0 Å². The Hall–Kier alpha value is -0.480. The van der Waals surface area contributed by atoms with Gasteiger partial charge in [-0.3, -0.25) is 0 Å². The first-order chi connectivity index (χ1) is 5.84. The first-order valence-corrected chi connectivity index (χ1v) is 4.56. The number of nitrogens with two attached hydrogens (primary N) is 1. The van der Waals surface area contributed by atoms with E-state index in [1.54, 1.807) is 13.8 Å². The highest BCUT2D eigenvalue weighted by molar-refractivity contribution is 9.10. The van der Waals surface area contributed by atoms with Gasteiger partial charge in [0.05, 0.1) is 4.47 Å². The average molecular weight is 250 g/mol. The molecule has 0 saturated heterocycles. The van der Waals surface area contributed by atoms with Crippen molar-refractivity contribution in [2.75, 3.05) is 0 Å². The minimum absolute atomic E-state index is 0.163. The molecule has 4 heteroatoms. The molecule has 72 valence electrons. The largest absolute Gasteiger partial charge is 0.322 e. The van der Waals surface area contributed by atoms with Gasteiger partial charge < -0.3 is 5.73 Å². The maximum atomic E-state index is 13.4. The van der Waals surface area contributed by atoms with E-state index in [-0.39, 0.29) is 4.47 Å². The molecule has 0 aromatic heterocycles. The molecule has 0 aliphatic heterocycles. The molecule has 0 aliphatic carbocycles.